The number of nitrogens with zero attached hydrogens (tertiary/aromatic N) is 4. The van der Waals surface area contributed by atoms with Crippen LogP contribution in [0.3, 0.4) is 0 Å². The van der Waals surface area contributed by atoms with E-state index in [4.69, 9.17) is 4.42 Å². The molecule has 0 aliphatic carbocycles. The van der Waals surface area contributed by atoms with E-state index >= 15 is 0 Å². The second-order valence-corrected chi connectivity index (χ2v) is 8.28. The summed E-state index contributed by atoms with van der Waals surface area (Å²) in [6.45, 7) is 6.35. The Morgan fingerprint density at radius 2 is 2.04 bits per heavy atom. The van der Waals surface area contributed by atoms with Crippen LogP contribution < -0.4 is 0 Å². The highest BCUT2D eigenvalue weighted by atomic mass is 32.2. The van der Waals surface area contributed by atoms with Gasteiger partial charge < -0.3 is 4.42 Å². The lowest BCUT2D eigenvalue weighted by Crippen LogP contribution is -2.09. The lowest BCUT2D eigenvalue weighted by molar-refractivity contribution is 0.390. The number of aromatic nitrogens is 4. The first kappa shape index (κ1) is 14.7. The first-order chi connectivity index (χ1) is 11.0. The fourth-order valence-electron chi connectivity index (χ4n) is 2.30. The van der Waals surface area contributed by atoms with Gasteiger partial charge in [-0.15, -0.1) is 10.2 Å². The normalized spacial score (nSPS) is 12.5. The molecule has 0 bridgehead atoms. The summed E-state index contributed by atoms with van der Waals surface area (Å²) in [6.07, 6.45) is 1.81. The van der Waals surface area contributed by atoms with Gasteiger partial charge >= 0.3 is 0 Å². The summed E-state index contributed by atoms with van der Waals surface area (Å²) in [6, 6.07) is 8.27. The zero-order chi connectivity index (χ0) is 16.0. The predicted molar refractivity (Wildman–Crippen MR) is 93.1 cm³/mol. The van der Waals surface area contributed by atoms with Gasteiger partial charge in [-0.2, -0.15) is 0 Å². The van der Waals surface area contributed by atoms with E-state index in [2.05, 4.69) is 52.5 Å². The molecular weight excluding hydrogens is 328 g/mol. The molecule has 4 aromatic rings. The van der Waals surface area contributed by atoms with Gasteiger partial charge in [-0.3, -0.25) is 4.40 Å². The highest BCUT2D eigenvalue weighted by Gasteiger charge is 2.20. The van der Waals surface area contributed by atoms with Crippen LogP contribution in [0.5, 0.6) is 0 Å². The SMILES string of the molecule is CC(C)(C)c1cnc(CSc2nnc3sc4ccccc4n23)o1. The first-order valence-corrected chi connectivity index (χ1v) is 9.13. The van der Waals surface area contributed by atoms with Crippen molar-refractivity contribution < 1.29 is 4.42 Å². The average Bonchev–Trinajstić information content (AvgIpc) is 3.19. The number of para-hydroxylation sites is 1. The van der Waals surface area contributed by atoms with Gasteiger partial charge in [0, 0.05) is 5.41 Å². The largest absolute Gasteiger partial charge is 0.444 e. The van der Waals surface area contributed by atoms with Crippen LogP contribution in [0.4, 0.5) is 0 Å². The van der Waals surface area contributed by atoms with Gasteiger partial charge in [0.25, 0.3) is 0 Å². The van der Waals surface area contributed by atoms with E-state index in [9.17, 15) is 0 Å². The maximum Gasteiger partial charge on any atom is 0.217 e. The molecule has 0 saturated carbocycles. The molecule has 0 amide bonds. The Morgan fingerprint density at radius 1 is 1.22 bits per heavy atom. The Morgan fingerprint density at radius 3 is 2.83 bits per heavy atom. The number of fused-ring (bicyclic) bond motifs is 3. The molecule has 0 atom stereocenters. The van der Waals surface area contributed by atoms with Crippen LogP contribution in [0.2, 0.25) is 0 Å². The van der Waals surface area contributed by atoms with E-state index < -0.39 is 0 Å². The fourth-order valence-corrected chi connectivity index (χ4v) is 4.12. The Hall–Kier alpha value is -1.86. The van der Waals surface area contributed by atoms with Crippen molar-refractivity contribution in [3.8, 4) is 0 Å². The number of hydrogen-bond acceptors (Lipinski definition) is 6. The van der Waals surface area contributed by atoms with Crippen molar-refractivity contribution in [2.75, 3.05) is 0 Å². The number of hydrogen-bond donors (Lipinski definition) is 0. The molecule has 7 heteroatoms. The Balaban J connectivity index is 1.62. The number of thioether (sulfide) groups is 1. The van der Waals surface area contributed by atoms with Crippen molar-refractivity contribution in [2.24, 2.45) is 0 Å². The van der Waals surface area contributed by atoms with Crippen LogP contribution >= 0.6 is 23.1 Å². The topological polar surface area (TPSA) is 56.2 Å². The molecule has 0 aliphatic heterocycles. The highest BCUT2D eigenvalue weighted by Crippen LogP contribution is 2.31. The van der Waals surface area contributed by atoms with Gasteiger partial charge in [0.1, 0.15) is 5.76 Å². The zero-order valence-electron chi connectivity index (χ0n) is 13.1. The highest BCUT2D eigenvalue weighted by molar-refractivity contribution is 7.98. The summed E-state index contributed by atoms with van der Waals surface area (Å²) >= 11 is 3.24. The molecule has 4 rings (SSSR count). The summed E-state index contributed by atoms with van der Waals surface area (Å²) in [7, 11) is 0. The molecular formula is C16H16N4OS2. The van der Waals surface area contributed by atoms with Crippen LogP contribution in [-0.2, 0) is 11.2 Å². The van der Waals surface area contributed by atoms with Gasteiger partial charge in [0.2, 0.25) is 10.9 Å². The van der Waals surface area contributed by atoms with Crippen molar-refractivity contribution in [3.63, 3.8) is 0 Å². The Labute approximate surface area is 141 Å². The zero-order valence-corrected chi connectivity index (χ0v) is 14.7. The van der Waals surface area contributed by atoms with Crippen LogP contribution in [0.1, 0.15) is 32.4 Å². The molecule has 5 nitrogen and oxygen atoms in total. The van der Waals surface area contributed by atoms with E-state index in [1.807, 2.05) is 18.3 Å². The lowest BCUT2D eigenvalue weighted by atomic mass is 9.94. The second kappa shape index (κ2) is 5.35. The standard InChI is InChI=1S/C16H16N4OS2/c1-16(2,3)12-8-17-13(21-12)9-22-14-18-19-15-20(14)10-6-4-5-7-11(10)23-15/h4-8H,9H2,1-3H3. The summed E-state index contributed by atoms with van der Waals surface area (Å²) < 4.78 is 9.15. The van der Waals surface area contributed by atoms with E-state index in [-0.39, 0.29) is 5.41 Å². The molecule has 23 heavy (non-hydrogen) atoms. The van der Waals surface area contributed by atoms with Crippen molar-refractivity contribution in [1.82, 2.24) is 19.6 Å². The van der Waals surface area contributed by atoms with Crippen LogP contribution in [0, 0.1) is 0 Å². The maximum absolute atomic E-state index is 5.84. The number of thiazole rings is 1. The van der Waals surface area contributed by atoms with Gasteiger partial charge in [-0.25, -0.2) is 4.98 Å². The van der Waals surface area contributed by atoms with Crippen LogP contribution in [0.25, 0.3) is 15.2 Å². The van der Waals surface area contributed by atoms with Crippen molar-refractivity contribution in [3.05, 3.63) is 42.1 Å². The van der Waals surface area contributed by atoms with Crippen LogP contribution in [-0.4, -0.2) is 19.6 Å². The van der Waals surface area contributed by atoms with Gasteiger partial charge in [0.05, 0.1) is 22.2 Å². The molecule has 0 fully saturated rings. The Bertz CT molecular complexity index is 977. The molecule has 0 N–H and O–H groups in total. The predicted octanol–water partition coefficient (Wildman–Crippen LogP) is 4.52. The van der Waals surface area contributed by atoms with E-state index in [0.717, 1.165) is 27.3 Å². The van der Waals surface area contributed by atoms with E-state index in [1.165, 1.54) is 4.70 Å². The van der Waals surface area contributed by atoms with Gasteiger partial charge in [-0.1, -0.05) is 56.0 Å². The molecule has 118 valence electrons. The molecule has 3 aromatic heterocycles. The molecule has 1 aromatic carbocycles. The number of benzene rings is 1. The van der Waals surface area contributed by atoms with Gasteiger partial charge in [-0.05, 0) is 12.1 Å². The second-order valence-electron chi connectivity index (χ2n) is 6.33. The molecule has 0 aliphatic rings. The summed E-state index contributed by atoms with van der Waals surface area (Å²) in [4.78, 5) is 5.28. The Kier molecular flexibility index (Phi) is 3.42. The molecule has 0 radical (unpaired) electrons. The summed E-state index contributed by atoms with van der Waals surface area (Å²) in [5.74, 6) is 2.26. The van der Waals surface area contributed by atoms with E-state index in [0.29, 0.717) is 5.75 Å². The molecule has 3 heterocycles. The quantitative estimate of drug-likeness (QED) is 0.511. The lowest BCUT2D eigenvalue weighted by Gasteiger charge is -2.12. The fraction of sp³-hybridized carbons (Fsp3) is 0.312. The maximum atomic E-state index is 5.84. The molecule has 0 spiro atoms. The van der Waals surface area contributed by atoms with Crippen LogP contribution in [0.15, 0.2) is 40.0 Å². The van der Waals surface area contributed by atoms with Crippen molar-refractivity contribution in [2.45, 2.75) is 37.1 Å². The number of oxazole rings is 1. The molecule has 0 saturated heterocycles. The van der Waals surface area contributed by atoms with Gasteiger partial charge in [0.15, 0.2) is 5.16 Å². The summed E-state index contributed by atoms with van der Waals surface area (Å²) in [5.41, 5.74) is 1.12. The third kappa shape index (κ3) is 2.64. The average molecular weight is 344 g/mol. The molecule has 0 unspecified atom stereocenters. The third-order valence-electron chi connectivity index (χ3n) is 3.53. The van der Waals surface area contributed by atoms with E-state index in [1.54, 1.807) is 23.1 Å². The van der Waals surface area contributed by atoms with Crippen molar-refractivity contribution >= 4 is 38.3 Å². The minimum absolute atomic E-state index is 0.0262. The monoisotopic (exact) mass is 344 g/mol. The van der Waals surface area contributed by atoms with Crippen molar-refractivity contribution in [1.29, 1.82) is 0 Å². The summed E-state index contributed by atoms with van der Waals surface area (Å²) in [5, 5.41) is 9.43. The first-order valence-electron chi connectivity index (χ1n) is 7.33. The minimum Gasteiger partial charge on any atom is -0.444 e. The smallest absolute Gasteiger partial charge is 0.217 e. The third-order valence-corrected chi connectivity index (χ3v) is 5.45. The number of rotatable bonds is 3. The minimum atomic E-state index is -0.0262.